The van der Waals surface area contributed by atoms with Crippen LogP contribution in [0.2, 0.25) is 0 Å². The molecule has 5 heteroatoms. The van der Waals surface area contributed by atoms with E-state index in [-0.39, 0.29) is 12.4 Å². The number of nitrogens with two attached hydrogens (primary N) is 1. The molecule has 2 heterocycles. The molecule has 0 amide bonds. The van der Waals surface area contributed by atoms with Crippen molar-refractivity contribution in [2.24, 2.45) is 11.7 Å². The maximum absolute atomic E-state index is 6.03. The van der Waals surface area contributed by atoms with Crippen LogP contribution in [-0.4, -0.2) is 33.8 Å². The molecular weight excluding hydrogens is 296 g/mol. The van der Waals surface area contributed by atoms with Gasteiger partial charge in [0.05, 0.1) is 11.2 Å². The molecule has 2 N–H and O–H groups in total. The van der Waals surface area contributed by atoms with Crippen molar-refractivity contribution in [3.8, 4) is 0 Å². The molecule has 1 atom stereocenters. The van der Waals surface area contributed by atoms with E-state index in [1.807, 2.05) is 0 Å². The van der Waals surface area contributed by atoms with Crippen LogP contribution in [0.5, 0.6) is 0 Å². The second kappa shape index (κ2) is 7.44. The summed E-state index contributed by atoms with van der Waals surface area (Å²) in [6.45, 7) is 8.44. The van der Waals surface area contributed by atoms with Crippen LogP contribution in [0.15, 0.2) is 24.3 Å². The summed E-state index contributed by atoms with van der Waals surface area (Å²) in [7, 11) is 0. The maximum atomic E-state index is 6.03. The van der Waals surface area contributed by atoms with Crippen LogP contribution in [0.1, 0.15) is 32.4 Å². The standard InChI is InChI=1S/C17H26N4.ClH/c1-3-21-17-7-5-4-6-15(17)16(19-21)12-20-10-8-14(9-11-20)13(2)18;/h4-7,13-14H,3,8-12,18H2,1-2H3;1H. The first-order chi connectivity index (χ1) is 10.2. The summed E-state index contributed by atoms with van der Waals surface area (Å²) < 4.78 is 2.11. The lowest BCUT2D eigenvalue weighted by Crippen LogP contribution is -2.39. The number of hydrogen-bond donors (Lipinski definition) is 1. The minimum atomic E-state index is 0. The lowest BCUT2D eigenvalue weighted by molar-refractivity contribution is 0.164. The zero-order chi connectivity index (χ0) is 14.8. The van der Waals surface area contributed by atoms with Crippen LogP contribution in [0.3, 0.4) is 0 Å². The van der Waals surface area contributed by atoms with Crippen LogP contribution >= 0.6 is 12.4 Å². The fourth-order valence-corrected chi connectivity index (χ4v) is 3.40. The second-order valence-electron chi connectivity index (χ2n) is 6.25. The zero-order valence-electron chi connectivity index (χ0n) is 13.5. The SMILES string of the molecule is CCn1nc(CN2CCC(C(C)N)CC2)c2ccccc21.Cl. The van der Waals surface area contributed by atoms with E-state index in [1.54, 1.807) is 0 Å². The van der Waals surface area contributed by atoms with E-state index in [2.05, 4.69) is 47.7 Å². The van der Waals surface area contributed by atoms with Gasteiger partial charge in [-0.15, -0.1) is 12.4 Å². The highest BCUT2D eigenvalue weighted by Crippen LogP contribution is 2.24. The van der Waals surface area contributed by atoms with Gasteiger partial charge in [-0.1, -0.05) is 18.2 Å². The van der Waals surface area contributed by atoms with Gasteiger partial charge >= 0.3 is 0 Å². The zero-order valence-corrected chi connectivity index (χ0v) is 14.4. The number of benzene rings is 1. The molecule has 1 aliphatic rings. The van der Waals surface area contributed by atoms with Gasteiger partial charge in [-0.05, 0) is 51.8 Å². The first-order valence-corrected chi connectivity index (χ1v) is 8.11. The molecular formula is C17H27ClN4. The van der Waals surface area contributed by atoms with E-state index >= 15 is 0 Å². The Bertz CT molecular complexity index is 600. The molecule has 0 bridgehead atoms. The summed E-state index contributed by atoms with van der Waals surface area (Å²) in [5.41, 5.74) is 8.49. The first kappa shape index (κ1) is 17.3. The van der Waals surface area contributed by atoms with E-state index in [0.29, 0.717) is 12.0 Å². The lowest BCUT2D eigenvalue weighted by Gasteiger charge is -2.33. The Hall–Kier alpha value is -1.10. The molecule has 1 aromatic heterocycles. The van der Waals surface area contributed by atoms with Crippen molar-refractivity contribution < 1.29 is 0 Å². The van der Waals surface area contributed by atoms with Gasteiger partial charge < -0.3 is 5.73 Å². The number of nitrogens with zero attached hydrogens (tertiary/aromatic N) is 3. The van der Waals surface area contributed by atoms with Crippen molar-refractivity contribution >= 4 is 23.3 Å². The minimum Gasteiger partial charge on any atom is -0.328 e. The van der Waals surface area contributed by atoms with Gasteiger partial charge in [0, 0.05) is 24.5 Å². The van der Waals surface area contributed by atoms with Crippen molar-refractivity contribution in [1.82, 2.24) is 14.7 Å². The van der Waals surface area contributed by atoms with Crippen molar-refractivity contribution in [2.75, 3.05) is 13.1 Å². The molecule has 0 radical (unpaired) electrons. The molecule has 0 spiro atoms. The summed E-state index contributed by atoms with van der Waals surface area (Å²) >= 11 is 0. The molecule has 0 aliphatic carbocycles. The number of rotatable bonds is 4. The third-order valence-corrected chi connectivity index (χ3v) is 4.78. The number of likely N-dealkylation sites (tertiary alicyclic amines) is 1. The van der Waals surface area contributed by atoms with E-state index < -0.39 is 0 Å². The first-order valence-electron chi connectivity index (χ1n) is 8.11. The predicted molar refractivity (Wildman–Crippen MR) is 94.3 cm³/mol. The lowest BCUT2D eigenvalue weighted by atomic mass is 9.91. The summed E-state index contributed by atoms with van der Waals surface area (Å²) in [5.74, 6) is 0.686. The van der Waals surface area contributed by atoms with Gasteiger partial charge in [-0.2, -0.15) is 5.10 Å². The van der Waals surface area contributed by atoms with Gasteiger partial charge in [0.25, 0.3) is 0 Å². The summed E-state index contributed by atoms with van der Waals surface area (Å²) in [6, 6.07) is 8.88. The number of fused-ring (bicyclic) bond motifs is 1. The Morgan fingerprint density at radius 2 is 1.95 bits per heavy atom. The van der Waals surface area contributed by atoms with Crippen molar-refractivity contribution in [1.29, 1.82) is 0 Å². The van der Waals surface area contributed by atoms with E-state index in [9.17, 15) is 0 Å². The van der Waals surface area contributed by atoms with Crippen molar-refractivity contribution in [3.63, 3.8) is 0 Å². The molecule has 0 saturated carbocycles. The van der Waals surface area contributed by atoms with Crippen LogP contribution in [0.25, 0.3) is 10.9 Å². The number of aromatic nitrogens is 2. The Kier molecular flexibility index (Phi) is 5.84. The Labute approximate surface area is 139 Å². The summed E-state index contributed by atoms with van der Waals surface area (Å²) in [4.78, 5) is 2.52. The van der Waals surface area contributed by atoms with Gasteiger partial charge in [0.15, 0.2) is 0 Å². The third-order valence-electron chi connectivity index (χ3n) is 4.78. The minimum absolute atomic E-state index is 0. The van der Waals surface area contributed by atoms with Crippen LogP contribution in [0, 0.1) is 5.92 Å². The normalized spacial score (nSPS) is 18.3. The van der Waals surface area contributed by atoms with E-state index in [4.69, 9.17) is 10.8 Å². The summed E-state index contributed by atoms with van der Waals surface area (Å²) in [5, 5.41) is 6.11. The Balaban J connectivity index is 0.00000176. The molecule has 1 aliphatic heterocycles. The van der Waals surface area contributed by atoms with E-state index in [1.165, 1.54) is 29.4 Å². The number of para-hydroxylation sites is 1. The van der Waals surface area contributed by atoms with Crippen LogP contribution in [0.4, 0.5) is 0 Å². The molecule has 1 aromatic carbocycles. The van der Waals surface area contributed by atoms with Gasteiger partial charge in [0.2, 0.25) is 0 Å². The number of hydrogen-bond acceptors (Lipinski definition) is 3. The average Bonchev–Trinajstić information content (AvgIpc) is 2.86. The smallest absolute Gasteiger partial charge is 0.0843 e. The number of piperidine rings is 1. The molecule has 1 unspecified atom stereocenters. The molecule has 4 nitrogen and oxygen atoms in total. The number of aryl methyl sites for hydroxylation is 1. The fraction of sp³-hybridized carbons (Fsp3) is 0.588. The topological polar surface area (TPSA) is 47.1 Å². The summed E-state index contributed by atoms with van der Waals surface area (Å²) in [6.07, 6.45) is 2.42. The average molecular weight is 323 g/mol. The molecule has 22 heavy (non-hydrogen) atoms. The van der Waals surface area contributed by atoms with Gasteiger partial charge in [0.1, 0.15) is 0 Å². The second-order valence-corrected chi connectivity index (χ2v) is 6.25. The highest BCUT2D eigenvalue weighted by atomic mass is 35.5. The van der Waals surface area contributed by atoms with Crippen LogP contribution in [-0.2, 0) is 13.1 Å². The Morgan fingerprint density at radius 3 is 2.59 bits per heavy atom. The quantitative estimate of drug-likeness (QED) is 0.941. The molecule has 2 aromatic rings. The highest BCUT2D eigenvalue weighted by Gasteiger charge is 2.23. The largest absolute Gasteiger partial charge is 0.328 e. The molecule has 1 saturated heterocycles. The Morgan fingerprint density at radius 1 is 1.27 bits per heavy atom. The maximum Gasteiger partial charge on any atom is 0.0843 e. The third kappa shape index (κ3) is 3.45. The van der Waals surface area contributed by atoms with E-state index in [0.717, 1.165) is 26.2 Å². The molecule has 3 rings (SSSR count). The van der Waals surface area contributed by atoms with Crippen molar-refractivity contribution in [2.45, 2.75) is 45.8 Å². The monoisotopic (exact) mass is 322 g/mol. The van der Waals surface area contributed by atoms with Gasteiger partial charge in [-0.25, -0.2) is 0 Å². The van der Waals surface area contributed by atoms with Crippen LogP contribution < -0.4 is 5.73 Å². The predicted octanol–water partition coefficient (Wildman–Crippen LogP) is 3.04. The number of halogens is 1. The molecule has 1 fully saturated rings. The van der Waals surface area contributed by atoms with Crippen molar-refractivity contribution in [3.05, 3.63) is 30.0 Å². The fourth-order valence-electron chi connectivity index (χ4n) is 3.40. The molecule has 122 valence electrons. The van der Waals surface area contributed by atoms with Gasteiger partial charge in [-0.3, -0.25) is 9.58 Å². The highest BCUT2D eigenvalue weighted by molar-refractivity contribution is 5.85.